The summed E-state index contributed by atoms with van der Waals surface area (Å²) in [5, 5.41) is 4.35. The molecule has 1 aromatic heterocycles. The molecule has 0 unspecified atom stereocenters. The summed E-state index contributed by atoms with van der Waals surface area (Å²) >= 11 is 1.49. The molecule has 0 fully saturated rings. The number of halogens is 3. The van der Waals surface area contributed by atoms with Gasteiger partial charge in [-0.1, -0.05) is 42.1 Å². The van der Waals surface area contributed by atoms with Crippen molar-refractivity contribution >= 4 is 23.9 Å². The molecular formula is C22H19F3N4OS. The molecule has 0 atom stereocenters. The van der Waals surface area contributed by atoms with Crippen molar-refractivity contribution in [3.05, 3.63) is 88.2 Å². The second-order valence-corrected chi connectivity index (χ2v) is 7.65. The van der Waals surface area contributed by atoms with Crippen LogP contribution in [0.4, 0.5) is 13.2 Å². The van der Waals surface area contributed by atoms with Crippen LogP contribution in [-0.4, -0.2) is 22.1 Å². The average molecular weight is 444 g/mol. The molecule has 3 aromatic rings. The number of aromatic nitrogens is 2. The smallest absolute Gasteiger partial charge is 0.267 e. The van der Waals surface area contributed by atoms with Crippen LogP contribution < -0.4 is 5.43 Å². The maximum absolute atomic E-state index is 13.0. The summed E-state index contributed by atoms with van der Waals surface area (Å²) in [4.78, 5) is 21.0. The monoisotopic (exact) mass is 444 g/mol. The van der Waals surface area contributed by atoms with Gasteiger partial charge >= 0.3 is 6.18 Å². The average Bonchev–Trinajstić information content (AvgIpc) is 2.71. The zero-order valence-corrected chi connectivity index (χ0v) is 17.6. The Labute approximate surface area is 181 Å². The molecule has 1 heterocycles. The van der Waals surface area contributed by atoms with Gasteiger partial charge in [0, 0.05) is 28.3 Å². The van der Waals surface area contributed by atoms with E-state index < -0.39 is 17.6 Å². The van der Waals surface area contributed by atoms with Crippen LogP contribution >= 0.6 is 11.8 Å². The predicted molar refractivity (Wildman–Crippen MR) is 114 cm³/mol. The quantitative estimate of drug-likeness (QED) is 0.247. The summed E-state index contributed by atoms with van der Waals surface area (Å²) in [5.74, 6) is 0.120. The van der Waals surface area contributed by atoms with Gasteiger partial charge in [-0.25, -0.2) is 15.4 Å². The highest BCUT2D eigenvalue weighted by Gasteiger charge is 2.32. The summed E-state index contributed by atoms with van der Waals surface area (Å²) in [7, 11) is 0. The maximum Gasteiger partial charge on any atom is 0.417 e. The number of rotatable bonds is 6. The van der Waals surface area contributed by atoms with Crippen molar-refractivity contribution in [2.75, 3.05) is 0 Å². The molecule has 3 rings (SSSR count). The van der Waals surface area contributed by atoms with Gasteiger partial charge in [-0.3, -0.25) is 4.79 Å². The van der Waals surface area contributed by atoms with Crippen LogP contribution in [0.15, 0.2) is 64.9 Å². The Bertz CT molecular complexity index is 1080. The number of hydrazone groups is 1. The normalized spacial score (nSPS) is 11.6. The van der Waals surface area contributed by atoms with Crippen LogP contribution in [0.2, 0.25) is 0 Å². The second kappa shape index (κ2) is 9.74. The molecule has 0 aliphatic heterocycles. The lowest BCUT2D eigenvalue weighted by atomic mass is 10.1. The van der Waals surface area contributed by atoms with E-state index in [4.69, 9.17) is 0 Å². The molecule has 160 valence electrons. The maximum atomic E-state index is 13.0. The Morgan fingerprint density at radius 3 is 2.35 bits per heavy atom. The van der Waals surface area contributed by atoms with E-state index in [-0.39, 0.29) is 5.56 Å². The summed E-state index contributed by atoms with van der Waals surface area (Å²) in [6.45, 7) is 3.83. The zero-order valence-electron chi connectivity index (χ0n) is 16.8. The Hall–Kier alpha value is -3.20. The Balaban J connectivity index is 1.59. The Morgan fingerprint density at radius 1 is 1.06 bits per heavy atom. The Kier molecular flexibility index (Phi) is 7.06. The van der Waals surface area contributed by atoms with E-state index in [1.54, 1.807) is 24.3 Å². The van der Waals surface area contributed by atoms with Crippen molar-refractivity contribution in [1.29, 1.82) is 0 Å². The fourth-order valence-corrected chi connectivity index (χ4v) is 3.66. The van der Waals surface area contributed by atoms with Crippen LogP contribution in [-0.2, 0) is 11.9 Å². The largest absolute Gasteiger partial charge is 0.417 e. The molecule has 1 amide bonds. The number of aryl methyl sites for hydroxylation is 2. The van der Waals surface area contributed by atoms with Gasteiger partial charge in [0.1, 0.15) is 0 Å². The minimum absolute atomic E-state index is 0.128. The third-order valence-corrected chi connectivity index (χ3v) is 5.10. The summed E-state index contributed by atoms with van der Waals surface area (Å²) in [6, 6.07) is 13.8. The van der Waals surface area contributed by atoms with Crippen molar-refractivity contribution in [2.24, 2.45) is 5.10 Å². The van der Waals surface area contributed by atoms with E-state index in [0.717, 1.165) is 29.2 Å². The molecule has 0 saturated heterocycles. The standard InChI is InChI=1S/C22H19F3N4OS/c1-14-11-15(2)28-21(27-14)31-13-16-7-9-17(10-8-16)20(30)29-26-12-18-5-3-4-6-19(18)22(23,24)25/h3-12H,13H2,1-2H3,(H,29,30)/b26-12+. The van der Waals surface area contributed by atoms with Crippen LogP contribution in [0, 0.1) is 13.8 Å². The van der Waals surface area contributed by atoms with Crippen molar-refractivity contribution in [2.45, 2.75) is 30.9 Å². The van der Waals surface area contributed by atoms with Crippen molar-refractivity contribution in [3.8, 4) is 0 Å². The van der Waals surface area contributed by atoms with Gasteiger partial charge in [0.15, 0.2) is 5.16 Å². The van der Waals surface area contributed by atoms with Gasteiger partial charge < -0.3 is 0 Å². The SMILES string of the molecule is Cc1cc(C)nc(SCc2ccc(C(=O)N/N=C/c3ccccc3C(F)(F)F)cc2)n1. The van der Waals surface area contributed by atoms with Crippen LogP contribution in [0.5, 0.6) is 0 Å². The van der Waals surface area contributed by atoms with Gasteiger partial charge in [-0.2, -0.15) is 18.3 Å². The van der Waals surface area contributed by atoms with Crippen LogP contribution in [0.25, 0.3) is 0 Å². The lowest BCUT2D eigenvalue weighted by molar-refractivity contribution is -0.137. The van der Waals surface area contributed by atoms with E-state index in [2.05, 4.69) is 20.5 Å². The first-order valence-corrected chi connectivity index (χ1v) is 10.2. The van der Waals surface area contributed by atoms with E-state index in [1.165, 1.54) is 30.0 Å². The Morgan fingerprint density at radius 2 is 1.71 bits per heavy atom. The molecule has 0 aliphatic carbocycles. The molecular weight excluding hydrogens is 425 g/mol. The van der Waals surface area contributed by atoms with E-state index >= 15 is 0 Å². The zero-order chi connectivity index (χ0) is 22.4. The number of amides is 1. The second-order valence-electron chi connectivity index (χ2n) is 6.70. The molecule has 0 saturated carbocycles. The number of thioether (sulfide) groups is 1. The van der Waals surface area contributed by atoms with E-state index in [0.29, 0.717) is 16.5 Å². The van der Waals surface area contributed by atoms with Crippen molar-refractivity contribution in [1.82, 2.24) is 15.4 Å². The highest BCUT2D eigenvalue weighted by atomic mass is 32.2. The van der Waals surface area contributed by atoms with Gasteiger partial charge in [-0.15, -0.1) is 0 Å². The molecule has 0 radical (unpaired) electrons. The summed E-state index contributed by atoms with van der Waals surface area (Å²) < 4.78 is 39.0. The molecule has 5 nitrogen and oxygen atoms in total. The molecule has 31 heavy (non-hydrogen) atoms. The number of nitrogens with one attached hydrogen (secondary N) is 1. The first kappa shape index (κ1) is 22.5. The molecule has 0 aliphatic rings. The number of hydrogen-bond acceptors (Lipinski definition) is 5. The van der Waals surface area contributed by atoms with E-state index in [9.17, 15) is 18.0 Å². The topological polar surface area (TPSA) is 67.2 Å². The lowest BCUT2D eigenvalue weighted by Crippen LogP contribution is -2.18. The highest BCUT2D eigenvalue weighted by molar-refractivity contribution is 7.98. The first-order chi connectivity index (χ1) is 14.7. The molecule has 0 bridgehead atoms. The third-order valence-electron chi connectivity index (χ3n) is 4.18. The number of carbonyl (C=O) groups excluding carboxylic acids is 1. The van der Waals surface area contributed by atoms with Gasteiger partial charge in [0.2, 0.25) is 0 Å². The van der Waals surface area contributed by atoms with Gasteiger partial charge in [0.05, 0.1) is 11.8 Å². The number of nitrogens with zero attached hydrogens (tertiary/aromatic N) is 3. The molecule has 1 N–H and O–H groups in total. The summed E-state index contributed by atoms with van der Waals surface area (Å²) in [5.41, 5.74) is 4.44. The minimum atomic E-state index is -4.50. The van der Waals surface area contributed by atoms with Crippen LogP contribution in [0.3, 0.4) is 0 Å². The number of alkyl halides is 3. The first-order valence-electron chi connectivity index (χ1n) is 9.26. The highest BCUT2D eigenvalue weighted by Crippen LogP contribution is 2.31. The van der Waals surface area contributed by atoms with E-state index in [1.807, 2.05) is 19.9 Å². The molecule has 2 aromatic carbocycles. The predicted octanol–water partition coefficient (Wildman–Crippen LogP) is 5.17. The van der Waals surface area contributed by atoms with Gasteiger partial charge in [-0.05, 0) is 43.7 Å². The third kappa shape index (κ3) is 6.39. The summed E-state index contributed by atoms with van der Waals surface area (Å²) in [6.07, 6.45) is -3.52. The van der Waals surface area contributed by atoms with Crippen molar-refractivity contribution < 1.29 is 18.0 Å². The molecule has 9 heteroatoms. The van der Waals surface area contributed by atoms with Crippen molar-refractivity contribution in [3.63, 3.8) is 0 Å². The minimum Gasteiger partial charge on any atom is -0.267 e. The van der Waals surface area contributed by atoms with Crippen LogP contribution in [0.1, 0.15) is 38.4 Å². The number of hydrogen-bond donors (Lipinski definition) is 1. The fourth-order valence-electron chi connectivity index (χ4n) is 2.75. The van der Waals surface area contributed by atoms with Gasteiger partial charge in [0.25, 0.3) is 5.91 Å². The number of carbonyl (C=O) groups is 1. The fraction of sp³-hybridized carbons (Fsp3) is 0.182. The number of benzene rings is 2. The molecule has 0 spiro atoms. The lowest BCUT2D eigenvalue weighted by Gasteiger charge is -2.09.